The van der Waals surface area contributed by atoms with Crippen LogP contribution in [0.1, 0.15) is 23.6 Å². The lowest BCUT2D eigenvalue weighted by molar-refractivity contribution is -0.118. The number of nitrogens with one attached hydrogen (secondary N) is 1. The molecule has 156 valence electrons. The van der Waals surface area contributed by atoms with E-state index in [-0.39, 0.29) is 17.2 Å². The second-order valence-electron chi connectivity index (χ2n) is 6.83. The van der Waals surface area contributed by atoms with Crippen LogP contribution in [-0.2, 0) is 11.3 Å². The fourth-order valence-electron chi connectivity index (χ4n) is 2.78. The molecular weight excluding hydrogens is 398 g/mol. The summed E-state index contributed by atoms with van der Waals surface area (Å²) < 4.78 is 6.78. The van der Waals surface area contributed by atoms with Gasteiger partial charge in [-0.3, -0.25) is 9.59 Å². The smallest absolute Gasteiger partial charge is 0.271 e. The number of carbonyl (C=O) groups excluding carboxylic acids is 1. The van der Waals surface area contributed by atoms with Crippen LogP contribution in [-0.4, -0.2) is 28.0 Å². The zero-order chi connectivity index (χ0) is 21.5. The molecule has 0 aliphatic rings. The summed E-state index contributed by atoms with van der Waals surface area (Å²) in [6.45, 7) is 7.03. The summed E-state index contributed by atoms with van der Waals surface area (Å²) in [7, 11) is 0. The number of ether oxygens (including phenoxy) is 1. The van der Waals surface area contributed by atoms with Crippen molar-refractivity contribution in [2.24, 2.45) is 0 Å². The molecule has 0 atom stereocenters. The number of rotatable bonds is 8. The molecule has 0 bridgehead atoms. The second kappa shape index (κ2) is 10.1. The van der Waals surface area contributed by atoms with Gasteiger partial charge < -0.3 is 10.1 Å². The average molecular weight is 424 g/mol. The van der Waals surface area contributed by atoms with E-state index in [1.165, 1.54) is 22.5 Å². The summed E-state index contributed by atoms with van der Waals surface area (Å²) >= 11 is 1.29. The van der Waals surface area contributed by atoms with Crippen molar-refractivity contribution < 1.29 is 9.53 Å². The molecule has 30 heavy (non-hydrogen) atoms. The Morgan fingerprint density at radius 1 is 1.07 bits per heavy atom. The highest BCUT2D eigenvalue weighted by atomic mass is 32.2. The van der Waals surface area contributed by atoms with E-state index in [0.29, 0.717) is 23.9 Å². The van der Waals surface area contributed by atoms with E-state index in [1.54, 1.807) is 6.07 Å². The van der Waals surface area contributed by atoms with E-state index in [2.05, 4.69) is 10.4 Å². The van der Waals surface area contributed by atoms with Gasteiger partial charge >= 0.3 is 0 Å². The highest BCUT2D eigenvalue weighted by molar-refractivity contribution is 7.99. The molecule has 0 aliphatic heterocycles. The van der Waals surface area contributed by atoms with Crippen molar-refractivity contribution in [1.29, 1.82) is 0 Å². The molecule has 0 radical (unpaired) electrons. The third-order valence-corrected chi connectivity index (χ3v) is 5.51. The quantitative estimate of drug-likeness (QED) is 0.560. The number of carbonyl (C=O) groups is 1. The molecule has 7 heteroatoms. The van der Waals surface area contributed by atoms with Gasteiger partial charge in [-0.1, -0.05) is 30.0 Å². The number of amides is 1. The number of thioether (sulfide) groups is 1. The van der Waals surface area contributed by atoms with E-state index in [9.17, 15) is 9.59 Å². The van der Waals surface area contributed by atoms with Crippen LogP contribution in [0.15, 0.2) is 64.4 Å². The second-order valence-corrected chi connectivity index (χ2v) is 7.83. The maximum Gasteiger partial charge on any atom is 0.271 e. The minimum atomic E-state index is -0.206. The summed E-state index contributed by atoms with van der Waals surface area (Å²) in [5, 5.41) is 7.91. The molecule has 0 spiro atoms. The van der Waals surface area contributed by atoms with Crippen LogP contribution in [0.25, 0.3) is 5.69 Å². The Morgan fingerprint density at radius 3 is 2.53 bits per heavy atom. The highest BCUT2D eigenvalue weighted by Gasteiger charge is 2.08. The molecule has 1 amide bonds. The number of benzene rings is 2. The lowest BCUT2D eigenvalue weighted by Crippen LogP contribution is -2.25. The van der Waals surface area contributed by atoms with E-state index in [0.717, 1.165) is 22.4 Å². The third kappa shape index (κ3) is 5.73. The summed E-state index contributed by atoms with van der Waals surface area (Å²) in [5.41, 5.74) is 3.75. The summed E-state index contributed by atoms with van der Waals surface area (Å²) in [6, 6.07) is 16.5. The topological polar surface area (TPSA) is 73.2 Å². The van der Waals surface area contributed by atoms with Gasteiger partial charge in [-0.05, 0) is 67.8 Å². The Hall–Kier alpha value is -3.06. The van der Waals surface area contributed by atoms with E-state index < -0.39 is 0 Å². The molecule has 3 rings (SSSR count). The minimum absolute atomic E-state index is 0.0976. The van der Waals surface area contributed by atoms with E-state index >= 15 is 0 Å². The minimum Gasteiger partial charge on any atom is -0.494 e. The zero-order valence-corrected chi connectivity index (χ0v) is 18.2. The van der Waals surface area contributed by atoms with Crippen molar-refractivity contribution in [3.05, 3.63) is 81.6 Å². The van der Waals surface area contributed by atoms with Crippen LogP contribution >= 0.6 is 11.8 Å². The fourth-order valence-corrected chi connectivity index (χ4v) is 3.46. The van der Waals surface area contributed by atoms with Crippen LogP contribution in [0.5, 0.6) is 5.75 Å². The first-order valence-electron chi connectivity index (χ1n) is 9.75. The molecule has 0 fully saturated rings. The van der Waals surface area contributed by atoms with Gasteiger partial charge in [0.05, 0.1) is 18.0 Å². The van der Waals surface area contributed by atoms with Gasteiger partial charge in [0.2, 0.25) is 5.91 Å². The molecule has 2 aromatic carbocycles. The third-order valence-electron chi connectivity index (χ3n) is 4.59. The molecule has 1 heterocycles. The maximum absolute atomic E-state index is 12.2. The number of aryl methyl sites for hydroxylation is 2. The summed E-state index contributed by atoms with van der Waals surface area (Å²) in [6.07, 6.45) is 0. The Balaban J connectivity index is 1.58. The van der Waals surface area contributed by atoms with Crippen LogP contribution in [0.2, 0.25) is 0 Å². The monoisotopic (exact) mass is 423 g/mol. The van der Waals surface area contributed by atoms with Crippen LogP contribution in [0.3, 0.4) is 0 Å². The molecule has 0 saturated carbocycles. The standard InChI is InChI=1S/C23H25N3O3S/c1-4-29-20-9-6-18(7-10-20)14-24-21(27)15-30-22-11-12-23(28)26(25-22)19-8-5-16(2)17(3)13-19/h5-13H,4,14-15H2,1-3H3,(H,24,27). The van der Waals surface area contributed by atoms with Crippen LogP contribution in [0, 0.1) is 13.8 Å². The van der Waals surface area contributed by atoms with Gasteiger partial charge in [0, 0.05) is 12.6 Å². The zero-order valence-electron chi connectivity index (χ0n) is 17.3. The van der Waals surface area contributed by atoms with Crippen LogP contribution < -0.4 is 15.6 Å². The first kappa shape index (κ1) is 21.6. The first-order chi connectivity index (χ1) is 14.5. The van der Waals surface area contributed by atoms with Crippen molar-refractivity contribution in [1.82, 2.24) is 15.1 Å². The SMILES string of the molecule is CCOc1ccc(CNC(=O)CSc2ccc(=O)n(-c3ccc(C)c(C)c3)n2)cc1. The highest BCUT2D eigenvalue weighted by Crippen LogP contribution is 2.16. The van der Waals surface area contributed by atoms with Crippen molar-refractivity contribution in [2.75, 3.05) is 12.4 Å². The van der Waals surface area contributed by atoms with E-state index in [1.807, 2.05) is 63.2 Å². The normalized spacial score (nSPS) is 10.6. The fraction of sp³-hybridized carbons (Fsp3) is 0.261. The molecule has 0 saturated heterocycles. The predicted octanol–water partition coefficient (Wildman–Crippen LogP) is 3.66. The van der Waals surface area contributed by atoms with Gasteiger partial charge in [0.25, 0.3) is 5.56 Å². The van der Waals surface area contributed by atoms with Gasteiger partial charge in [-0.2, -0.15) is 9.78 Å². The van der Waals surface area contributed by atoms with Gasteiger partial charge in [-0.25, -0.2) is 0 Å². The summed E-state index contributed by atoms with van der Waals surface area (Å²) in [5.74, 6) is 0.933. The van der Waals surface area contributed by atoms with Crippen molar-refractivity contribution >= 4 is 17.7 Å². The number of hydrogen-bond donors (Lipinski definition) is 1. The molecule has 0 aliphatic carbocycles. The first-order valence-corrected chi connectivity index (χ1v) is 10.7. The van der Waals surface area contributed by atoms with Crippen molar-refractivity contribution in [2.45, 2.75) is 32.3 Å². The molecule has 3 aromatic rings. The Morgan fingerprint density at radius 2 is 1.83 bits per heavy atom. The number of nitrogens with zero attached hydrogens (tertiary/aromatic N) is 2. The van der Waals surface area contributed by atoms with Gasteiger partial charge in [0.1, 0.15) is 10.8 Å². The molecule has 0 unspecified atom stereocenters. The van der Waals surface area contributed by atoms with E-state index in [4.69, 9.17) is 4.74 Å². The lowest BCUT2D eigenvalue weighted by Gasteiger charge is -2.09. The number of aromatic nitrogens is 2. The Bertz CT molecular complexity index is 1080. The summed E-state index contributed by atoms with van der Waals surface area (Å²) in [4.78, 5) is 24.4. The van der Waals surface area contributed by atoms with Gasteiger partial charge in [-0.15, -0.1) is 0 Å². The van der Waals surface area contributed by atoms with Crippen LogP contribution in [0.4, 0.5) is 0 Å². The van der Waals surface area contributed by atoms with Crippen molar-refractivity contribution in [3.8, 4) is 11.4 Å². The maximum atomic E-state index is 12.2. The van der Waals surface area contributed by atoms with Crippen molar-refractivity contribution in [3.63, 3.8) is 0 Å². The molecule has 1 N–H and O–H groups in total. The Labute approximate surface area is 180 Å². The number of hydrogen-bond acceptors (Lipinski definition) is 5. The largest absolute Gasteiger partial charge is 0.494 e. The van der Waals surface area contributed by atoms with Gasteiger partial charge in [0.15, 0.2) is 0 Å². The molecule has 1 aromatic heterocycles. The lowest BCUT2D eigenvalue weighted by atomic mass is 10.1. The Kier molecular flexibility index (Phi) is 7.30. The average Bonchev–Trinajstić information content (AvgIpc) is 2.75. The molecule has 6 nitrogen and oxygen atoms in total. The predicted molar refractivity (Wildman–Crippen MR) is 119 cm³/mol. The molecular formula is C23H25N3O3S.